The average Bonchev–Trinajstić information content (AvgIpc) is 3.17. The van der Waals surface area contributed by atoms with Crippen molar-refractivity contribution >= 4 is 5.91 Å². The van der Waals surface area contributed by atoms with Crippen molar-refractivity contribution in [2.24, 2.45) is 11.5 Å². The SMILES string of the molecule is CC(N)(C(=O)N1CCCC1)C(c1ccccc1)c1ccc(CN)cc1. The van der Waals surface area contributed by atoms with Crippen LogP contribution in [0.5, 0.6) is 0 Å². The Morgan fingerprint density at radius 1 is 1.04 bits per heavy atom. The molecule has 25 heavy (non-hydrogen) atoms. The van der Waals surface area contributed by atoms with Crippen molar-refractivity contribution in [3.8, 4) is 0 Å². The zero-order chi connectivity index (χ0) is 17.9. The highest BCUT2D eigenvalue weighted by atomic mass is 16.2. The van der Waals surface area contributed by atoms with Gasteiger partial charge in [0.1, 0.15) is 5.54 Å². The topological polar surface area (TPSA) is 72.4 Å². The molecule has 0 saturated carbocycles. The summed E-state index contributed by atoms with van der Waals surface area (Å²) in [6, 6.07) is 18.2. The summed E-state index contributed by atoms with van der Waals surface area (Å²) >= 11 is 0. The first kappa shape index (κ1) is 17.6. The summed E-state index contributed by atoms with van der Waals surface area (Å²) in [7, 11) is 0. The molecule has 1 aliphatic rings. The van der Waals surface area contributed by atoms with E-state index in [0.717, 1.165) is 42.6 Å². The van der Waals surface area contributed by atoms with Crippen LogP contribution in [0.4, 0.5) is 0 Å². The second kappa shape index (κ2) is 7.38. The fourth-order valence-electron chi connectivity index (χ4n) is 3.76. The van der Waals surface area contributed by atoms with Gasteiger partial charge in [0.15, 0.2) is 0 Å². The van der Waals surface area contributed by atoms with Crippen molar-refractivity contribution in [3.63, 3.8) is 0 Å². The third-order valence-corrected chi connectivity index (χ3v) is 5.14. The zero-order valence-electron chi connectivity index (χ0n) is 14.8. The van der Waals surface area contributed by atoms with Crippen molar-refractivity contribution < 1.29 is 4.79 Å². The molecular formula is C21H27N3O. The minimum Gasteiger partial charge on any atom is -0.341 e. The van der Waals surface area contributed by atoms with Crippen LogP contribution < -0.4 is 11.5 Å². The van der Waals surface area contributed by atoms with E-state index in [0.29, 0.717) is 6.54 Å². The van der Waals surface area contributed by atoms with Gasteiger partial charge in [0.25, 0.3) is 0 Å². The van der Waals surface area contributed by atoms with Gasteiger partial charge in [-0.05, 0) is 36.5 Å². The Morgan fingerprint density at radius 3 is 2.16 bits per heavy atom. The van der Waals surface area contributed by atoms with E-state index in [-0.39, 0.29) is 11.8 Å². The van der Waals surface area contributed by atoms with Gasteiger partial charge in [0.2, 0.25) is 5.91 Å². The minimum absolute atomic E-state index is 0.0294. The number of nitrogens with zero attached hydrogens (tertiary/aromatic N) is 1. The number of rotatable bonds is 5. The van der Waals surface area contributed by atoms with Gasteiger partial charge >= 0.3 is 0 Å². The Hall–Kier alpha value is -2.17. The molecule has 0 aliphatic carbocycles. The summed E-state index contributed by atoms with van der Waals surface area (Å²) in [6.07, 6.45) is 2.12. The number of nitrogens with two attached hydrogens (primary N) is 2. The minimum atomic E-state index is -1.00. The molecule has 1 fully saturated rings. The maximum absolute atomic E-state index is 13.2. The molecule has 0 radical (unpaired) electrons. The summed E-state index contributed by atoms with van der Waals surface area (Å²) in [5.74, 6) is -0.171. The lowest BCUT2D eigenvalue weighted by atomic mass is 9.75. The van der Waals surface area contributed by atoms with Crippen LogP contribution in [0.2, 0.25) is 0 Å². The second-order valence-electron chi connectivity index (χ2n) is 7.07. The highest BCUT2D eigenvalue weighted by Gasteiger charge is 2.42. The van der Waals surface area contributed by atoms with Crippen molar-refractivity contribution in [2.45, 2.75) is 37.8 Å². The average molecular weight is 337 g/mol. The van der Waals surface area contributed by atoms with E-state index in [9.17, 15) is 4.79 Å². The standard InChI is InChI=1S/C21H27N3O/c1-21(23,20(25)24-13-5-6-14-24)19(17-7-3-2-4-8-17)18-11-9-16(15-22)10-12-18/h2-4,7-12,19H,5-6,13-15,22-23H2,1H3. The number of benzene rings is 2. The monoisotopic (exact) mass is 337 g/mol. The van der Waals surface area contributed by atoms with Gasteiger partial charge in [-0.25, -0.2) is 0 Å². The largest absolute Gasteiger partial charge is 0.341 e. The Kier molecular flexibility index (Phi) is 5.21. The van der Waals surface area contributed by atoms with Crippen molar-refractivity contribution in [1.29, 1.82) is 0 Å². The predicted octanol–water partition coefficient (Wildman–Crippen LogP) is 2.62. The summed E-state index contributed by atoms with van der Waals surface area (Å²) in [5, 5.41) is 0. The van der Waals surface area contributed by atoms with Crippen LogP contribution in [0, 0.1) is 0 Å². The van der Waals surface area contributed by atoms with Gasteiger partial charge in [-0.3, -0.25) is 4.79 Å². The molecule has 0 spiro atoms. The third-order valence-electron chi connectivity index (χ3n) is 5.14. The molecule has 1 saturated heterocycles. The Balaban J connectivity index is 2.01. The molecule has 0 bridgehead atoms. The Bertz CT molecular complexity index is 704. The quantitative estimate of drug-likeness (QED) is 0.881. The summed E-state index contributed by atoms with van der Waals surface area (Å²) < 4.78 is 0. The molecule has 4 N–H and O–H groups in total. The van der Waals surface area contributed by atoms with E-state index in [1.807, 2.05) is 66.4 Å². The van der Waals surface area contributed by atoms with E-state index >= 15 is 0 Å². The molecule has 0 aromatic heterocycles. The summed E-state index contributed by atoms with van der Waals surface area (Å²) in [5.41, 5.74) is 14.6. The van der Waals surface area contributed by atoms with E-state index < -0.39 is 5.54 Å². The summed E-state index contributed by atoms with van der Waals surface area (Å²) in [4.78, 5) is 15.1. The fourth-order valence-corrected chi connectivity index (χ4v) is 3.76. The van der Waals surface area contributed by atoms with Gasteiger partial charge in [0.05, 0.1) is 0 Å². The maximum atomic E-state index is 13.2. The molecule has 132 valence electrons. The number of carbonyl (C=O) groups excluding carboxylic acids is 1. The lowest BCUT2D eigenvalue weighted by Crippen LogP contribution is -2.56. The molecular weight excluding hydrogens is 310 g/mol. The summed E-state index contributed by atoms with van der Waals surface area (Å²) in [6.45, 7) is 3.98. The molecule has 4 nitrogen and oxygen atoms in total. The molecule has 1 heterocycles. The molecule has 1 amide bonds. The first-order valence-corrected chi connectivity index (χ1v) is 8.96. The lowest BCUT2D eigenvalue weighted by molar-refractivity contribution is -0.135. The lowest BCUT2D eigenvalue weighted by Gasteiger charge is -2.36. The molecule has 4 heteroatoms. The zero-order valence-corrected chi connectivity index (χ0v) is 14.8. The van der Waals surface area contributed by atoms with E-state index in [1.165, 1.54) is 0 Å². The number of hydrogen-bond acceptors (Lipinski definition) is 3. The van der Waals surface area contributed by atoms with Crippen molar-refractivity contribution in [3.05, 3.63) is 71.3 Å². The van der Waals surface area contributed by atoms with Crippen LogP contribution in [-0.4, -0.2) is 29.4 Å². The number of likely N-dealkylation sites (tertiary alicyclic amines) is 1. The highest BCUT2D eigenvalue weighted by Crippen LogP contribution is 2.35. The van der Waals surface area contributed by atoms with Crippen LogP contribution >= 0.6 is 0 Å². The van der Waals surface area contributed by atoms with E-state index in [2.05, 4.69) is 0 Å². The third kappa shape index (κ3) is 3.60. The van der Waals surface area contributed by atoms with Gasteiger partial charge in [-0.2, -0.15) is 0 Å². The smallest absolute Gasteiger partial charge is 0.243 e. The molecule has 1 aliphatic heterocycles. The molecule has 2 aromatic carbocycles. The maximum Gasteiger partial charge on any atom is 0.243 e. The van der Waals surface area contributed by atoms with Gasteiger partial charge in [0, 0.05) is 25.6 Å². The van der Waals surface area contributed by atoms with Crippen LogP contribution in [0.3, 0.4) is 0 Å². The Labute approximate surface area is 149 Å². The molecule has 2 unspecified atom stereocenters. The van der Waals surface area contributed by atoms with Gasteiger partial charge in [-0.15, -0.1) is 0 Å². The van der Waals surface area contributed by atoms with E-state index in [4.69, 9.17) is 11.5 Å². The van der Waals surface area contributed by atoms with Crippen molar-refractivity contribution in [2.75, 3.05) is 13.1 Å². The molecule has 2 atom stereocenters. The van der Waals surface area contributed by atoms with Crippen LogP contribution in [0.25, 0.3) is 0 Å². The number of carbonyl (C=O) groups is 1. The molecule has 3 rings (SSSR count). The van der Waals surface area contributed by atoms with Crippen molar-refractivity contribution in [1.82, 2.24) is 4.90 Å². The number of amides is 1. The normalized spacial score (nSPS) is 18.0. The Morgan fingerprint density at radius 2 is 1.60 bits per heavy atom. The molecule has 2 aromatic rings. The first-order chi connectivity index (χ1) is 12.0. The number of hydrogen-bond donors (Lipinski definition) is 2. The fraction of sp³-hybridized carbons (Fsp3) is 0.381. The second-order valence-corrected chi connectivity index (χ2v) is 7.07. The van der Waals surface area contributed by atoms with Crippen LogP contribution in [-0.2, 0) is 11.3 Å². The van der Waals surface area contributed by atoms with E-state index in [1.54, 1.807) is 0 Å². The first-order valence-electron chi connectivity index (χ1n) is 8.96. The highest BCUT2D eigenvalue weighted by molar-refractivity contribution is 5.88. The predicted molar refractivity (Wildman–Crippen MR) is 101 cm³/mol. The van der Waals surface area contributed by atoms with Gasteiger partial charge < -0.3 is 16.4 Å². The van der Waals surface area contributed by atoms with Gasteiger partial charge in [-0.1, -0.05) is 54.6 Å². The van der Waals surface area contributed by atoms with Crippen LogP contribution in [0.1, 0.15) is 42.4 Å². The van der Waals surface area contributed by atoms with Crippen LogP contribution in [0.15, 0.2) is 54.6 Å².